The van der Waals surface area contributed by atoms with Gasteiger partial charge in [-0.3, -0.25) is 15.5 Å². The number of hydrogen-bond acceptors (Lipinski definition) is 4. The van der Waals surface area contributed by atoms with E-state index in [1.54, 1.807) is 0 Å². The van der Waals surface area contributed by atoms with Gasteiger partial charge in [0.2, 0.25) is 0 Å². The van der Waals surface area contributed by atoms with Crippen molar-refractivity contribution in [1.29, 1.82) is 0 Å². The maximum atomic E-state index is 3.47. The number of likely N-dealkylation sites (N-methyl/N-ethyl adjacent to an activating group) is 3. The Labute approximate surface area is 103 Å². The SMILES string of the molecule is CCN(C1CCCC1)C(CN[SiH3])(NC)NC. The van der Waals surface area contributed by atoms with E-state index < -0.39 is 0 Å². The first-order chi connectivity index (χ1) is 7.74. The minimum atomic E-state index is -0.0779. The highest BCUT2D eigenvalue weighted by molar-refractivity contribution is 6.04. The van der Waals surface area contributed by atoms with Crippen LogP contribution in [0.4, 0.5) is 0 Å². The van der Waals surface area contributed by atoms with E-state index in [0.717, 1.165) is 29.5 Å². The van der Waals surface area contributed by atoms with Crippen molar-refractivity contribution < 1.29 is 0 Å². The van der Waals surface area contributed by atoms with Crippen molar-refractivity contribution in [3.05, 3.63) is 0 Å². The Morgan fingerprint density at radius 2 is 1.81 bits per heavy atom. The Morgan fingerprint density at radius 1 is 1.25 bits per heavy atom. The van der Waals surface area contributed by atoms with Crippen LogP contribution in [0.15, 0.2) is 0 Å². The van der Waals surface area contributed by atoms with Crippen LogP contribution in [-0.4, -0.2) is 54.3 Å². The molecule has 5 heteroatoms. The van der Waals surface area contributed by atoms with Crippen molar-refractivity contribution in [3.8, 4) is 0 Å². The lowest BCUT2D eigenvalue weighted by Gasteiger charge is -2.46. The minimum Gasteiger partial charge on any atom is -0.341 e. The number of hydrogen-bond donors (Lipinski definition) is 3. The highest BCUT2D eigenvalue weighted by atomic mass is 28.2. The van der Waals surface area contributed by atoms with Crippen LogP contribution in [0.3, 0.4) is 0 Å². The first-order valence-corrected chi connectivity index (χ1v) is 7.53. The maximum Gasteiger partial charge on any atom is 0.138 e. The van der Waals surface area contributed by atoms with E-state index in [1.165, 1.54) is 25.7 Å². The molecule has 0 aliphatic heterocycles. The van der Waals surface area contributed by atoms with Crippen LogP contribution in [-0.2, 0) is 0 Å². The van der Waals surface area contributed by atoms with E-state index in [-0.39, 0.29) is 5.79 Å². The molecule has 3 N–H and O–H groups in total. The molecule has 0 aromatic heterocycles. The predicted octanol–water partition coefficient (Wildman–Crippen LogP) is -0.786. The molecule has 0 radical (unpaired) electrons. The van der Waals surface area contributed by atoms with E-state index in [1.807, 2.05) is 14.1 Å². The van der Waals surface area contributed by atoms with Crippen LogP contribution >= 0.6 is 0 Å². The third kappa shape index (κ3) is 2.84. The summed E-state index contributed by atoms with van der Waals surface area (Å²) in [4.78, 5) is 6.01. The number of rotatable bonds is 7. The van der Waals surface area contributed by atoms with Gasteiger partial charge in [0.05, 0.1) is 10.4 Å². The van der Waals surface area contributed by atoms with E-state index in [4.69, 9.17) is 0 Å². The molecule has 0 heterocycles. The Bertz CT molecular complexity index is 190. The topological polar surface area (TPSA) is 39.3 Å². The standard InChI is InChI=1S/C11H28N4Si/c1-4-15(10-7-5-6-8-10)11(12-2,13-3)9-14-16/h10,12-14H,4-9H2,1-3,16H3. The summed E-state index contributed by atoms with van der Waals surface area (Å²) in [5.74, 6) is -0.0779. The molecule has 0 atom stereocenters. The summed E-state index contributed by atoms with van der Waals surface area (Å²) >= 11 is 0. The average molecular weight is 244 g/mol. The smallest absolute Gasteiger partial charge is 0.138 e. The zero-order valence-corrected chi connectivity index (χ0v) is 13.3. The largest absolute Gasteiger partial charge is 0.341 e. The van der Waals surface area contributed by atoms with Crippen LogP contribution < -0.4 is 15.6 Å². The fourth-order valence-corrected chi connectivity index (χ4v) is 3.51. The number of nitrogens with one attached hydrogen (secondary N) is 3. The highest BCUT2D eigenvalue weighted by Crippen LogP contribution is 2.26. The van der Waals surface area contributed by atoms with Crippen molar-refractivity contribution in [2.75, 3.05) is 27.2 Å². The van der Waals surface area contributed by atoms with Crippen LogP contribution in [0.5, 0.6) is 0 Å². The molecule has 1 rings (SSSR count). The van der Waals surface area contributed by atoms with Gasteiger partial charge < -0.3 is 4.98 Å². The molecule has 4 nitrogen and oxygen atoms in total. The molecule has 0 amide bonds. The molecule has 0 spiro atoms. The van der Waals surface area contributed by atoms with Crippen LogP contribution in [0.2, 0.25) is 0 Å². The Morgan fingerprint density at radius 3 is 2.19 bits per heavy atom. The molecule has 1 saturated carbocycles. The average Bonchev–Trinajstić information content (AvgIpc) is 2.82. The van der Waals surface area contributed by atoms with Gasteiger partial charge in [-0.25, -0.2) is 0 Å². The molecule has 0 unspecified atom stereocenters. The second-order valence-electron chi connectivity index (χ2n) is 4.61. The Balaban J connectivity index is 2.78. The summed E-state index contributed by atoms with van der Waals surface area (Å²) in [5, 5.41) is 6.94. The van der Waals surface area contributed by atoms with Gasteiger partial charge in [-0.1, -0.05) is 19.8 Å². The van der Waals surface area contributed by atoms with E-state index >= 15 is 0 Å². The molecule has 1 aliphatic rings. The quantitative estimate of drug-likeness (QED) is 0.406. The second-order valence-corrected chi connectivity index (χ2v) is 5.32. The minimum absolute atomic E-state index is 0.0779. The van der Waals surface area contributed by atoms with Gasteiger partial charge in [0.25, 0.3) is 0 Å². The van der Waals surface area contributed by atoms with Crippen molar-refractivity contribution >= 4 is 10.4 Å². The van der Waals surface area contributed by atoms with Gasteiger partial charge >= 0.3 is 0 Å². The first kappa shape index (κ1) is 14.1. The lowest BCUT2D eigenvalue weighted by atomic mass is 10.1. The first-order valence-electron chi connectivity index (χ1n) is 6.53. The van der Waals surface area contributed by atoms with Gasteiger partial charge in [0.15, 0.2) is 0 Å². The summed E-state index contributed by atoms with van der Waals surface area (Å²) in [6, 6.07) is 0.736. The molecule has 1 aliphatic carbocycles. The van der Waals surface area contributed by atoms with Gasteiger partial charge in [-0.2, -0.15) is 0 Å². The summed E-state index contributed by atoms with van der Waals surface area (Å²) < 4.78 is 0. The van der Waals surface area contributed by atoms with Crippen LogP contribution in [0.25, 0.3) is 0 Å². The van der Waals surface area contributed by atoms with Crippen molar-refractivity contribution in [2.45, 2.75) is 44.4 Å². The van der Waals surface area contributed by atoms with Crippen molar-refractivity contribution in [2.24, 2.45) is 0 Å². The molecule has 0 bridgehead atoms. The lowest BCUT2D eigenvalue weighted by Crippen LogP contribution is -2.71. The number of nitrogens with zero attached hydrogens (tertiary/aromatic N) is 1. The zero-order valence-electron chi connectivity index (χ0n) is 11.3. The van der Waals surface area contributed by atoms with Crippen molar-refractivity contribution in [1.82, 2.24) is 20.5 Å². The maximum absolute atomic E-state index is 3.47. The summed E-state index contributed by atoms with van der Waals surface area (Å²) in [6.07, 6.45) is 5.47. The van der Waals surface area contributed by atoms with Crippen molar-refractivity contribution in [3.63, 3.8) is 0 Å². The second kappa shape index (κ2) is 6.71. The molecule has 16 heavy (non-hydrogen) atoms. The fraction of sp³-hybridized carbons (Fsp3) is 1.00. The van der Waals surface area contributed by atoms with Crippen LogP contribution in [0, 0.1) is 0 Å². The summed E-state index contributed by atoms with van der Waals surface area (Å²) in [5.41, 5.74) is 0. The van der Waals surface area contributed by atoms with E-state index in [2.05, 4.69) is 27.4 Å². The normalized spacial score (nSPS) is 18.8. The zero-order chi connectivity index (χ0) is 12.0. The van der Waals surface area contributed by atoms with E-state index in [0.29, 0.717) is 0 Å². The third-order valence-electron chi connectivity index (χ3n) is 3.86. The van der Waals surface area contributed by atoms with Gasteiger partial charge in [-0.05, 0) is 33.5 Å². The molecular formula is C11H28N4Si. The van der Waals surface area contributed by atoms with Crippen LogP contribution in [0.1, 0.15) is 32.6 Å². The van der Waals surface area contributed by atoms with Gasteiger partial charge in [0, 0.05) is 12.6 Å². The molecule has 0 aromatic rings. The fourth-order valence-electron chi connectivity index (χ4n) is 3.00. The van der Waals surface area contributed by atoms with Gasteiger partial charge in [0.1, 0.15) is 5.79 Å². The van der Waals surface area contributed by atoms with E-state index in [9.17, 15) is 0 Å². The molecule has 1 fully saturated rings. The molecule has 0 saturated heterocycles. The molecule has 0 aromatic carbocycles. The predicted molar refractivity (Wildman–Crippen MR) is 73.4 cm³/mol. The Hall–Kier alpha value is 0.0569. The lowest BCUT2D eigenvalue weighted by molar-refractivity contribution is 0.00842. The highest BCUT2D eigenvalue weighted by Gasteiger charge is 2.37. The molecule has 96 valence electrons. The summed E-state index contributed by atoms with van der Waals surface area (Å²) in [7, 11) is 5.13. The summed E-state index contributed by atoms with van der Waals surface area (Å²) in [6.45, 7) is 4.32. The Kier molecular flexibility index (Phi) is 5.92. The monoisotopic (exact) mass is 244 g/mol. The van der Waals surface area contributed by atoms with Gasteiger partial charge in [-0.15, -0.1) is 0 Å². The third-order valence-corrected chi connectivity index (χ3v) is 4.21. The molecular weight excluding hydrogens is 216 g/mol.